The summed E-state index contributed by atoms with van der Waals surface area (Å²) in [4.78, 5) is 15.4. The molecule has 0 bridgehead atoms. The Morgan fingerprint density at radius 1 is 1.60 bits per heavy atom. The minimum Gasteiger partial charge on any atom is -0.391 e. The Bertz CT molecular complexity index is 320. The van der Waals surface area contributed by atoms with E-state index in [0.717, 1.165) is 19.4 Å². The Labute approximate surface area is 90.2 Å². The highest BCUT2D eigenvalue weighted by atomic mass is 16.1. The number of rotatable bonds is 6. The maximum absolute atomic E-state index is 11.5. The van der Waals surface area contributed by atoms with Crippen LogP contribution in [0.5, 0.6) is 0 Å². The van der Waals surface area contributed by atoms with E-state index < -0.39 is 0 Å². The Morgan fingerprint density at radius 2 is 2.47 bits per heavy atom. The molecule has 0 aliphatic heterocycles. The van der Waals surface area contributed by atoms with Gasteiger partial charge in [-0.1, -0.05) is 13.3 Å². The Hall–Kier alpha value is -1.64. The van der Waals surface area contributed by atoms with E-state index in [0.29, 0.717) is 5.56 Å². The number of carbonyl (C=O) groups excluding carboxylic acids is 1. The molecule has 15 heavy (non-hydrogen) atoms. The minimum atomic E-state index is -0.0212. The summed E-state index contributed by atoms with van der Waals surface area (Å²) in [5.41, 5.74) is 0.617. The van der Waals surface area contributed by atoms with Crippen LogP contribution in [0.15, 0.2) is 36.8 Å². The van der Waals surface area contributed by atoms with Gasteiger partial charge >= 0.3 is 0 Å². The van der Waals surface area contributed by atoms with Crippen LogP contribution in [0.1, 0.15) is 30.1 Å². The van der Waals surface area contributed by atoms with E-state index >= 15 is 0 Å². The van der Waals surface area contributed by atoms with Crippen LogP contribution >= 0.6 is 0 Å². The van der Waals surface area contributed by atoms with Crippen molar-refractivity contribution in [3.8, 4) is 0 Å². The molecule has 1 rings (SSSR count). The van der Waals surface area contributed by atoms with Gasteiger partial charge in [-0.15, -0.1) is 0 Å². The first-order chi connectivity index (χ1) is 7.34. The summed E-state index contributed by atoms with van der Waals surface area (Å²) in [6, 6.07) is 3.51. The highest BCUT2D eigenvalue weighted by Gasteiger charge is 1.98. The van der Waals surface area contributed by atoms with Crippen LogP contribution in [0.3, 0.4) is 0 Å². The molecule has 3 nitrogen and oxygen atoms in total. The van der Waals surface area contributed by atoms with E-state index in [-0.39, 0.29) is 5.78 Å². The minimum absolute atomic E-state index is 0.0212. The van der Waals surface area contributed by atoms with Crippen molar-refractivity contribution < 1.29 is 4.79 Å². The van der Waals surface area contributed by atoms with E-state index in [4.69, 9.17) is 0 Å². The van der Waals surface area contributed by atoms with Crippen molar-refractivity contribution in [2.75, 3.05) is 6.54 Å². The zero-order chi connectivity index (χ0) is 10.9. The molecule has 3 heteroatoms. The normalized spacial score (nSPS) is 10.5. The third-order valence-corrected chi connectivity index (χ3v) is 1.97. The van der Waals surface area contributed by atoms with Gasteiger partial charge in [0.25, 0.3) is 0 Å². The molecule has 0 unspecified atom stereocenters. The number of nitrogens with one attached hydrogen (secondary N) is 1. The monoisotopic (exact) mass is 204 g/mol. The standard InChI is InChI=1S/C12H16N2O/c1-2-3-7-13-9-6-12(15)11-5-4-8-14-10-11/h4-6,8-10,13H,2-3,7H2,1H3/b9-6-. The Balaban J connectivity index is 2.36. The average molecular weight is 204 g/mol. The largest absolute Gasteiger partial charge is 0.391 e. The maximum Gasteiger partial charge on any atom is 0.188 e. The molecule has 1 aromatic heterocycles. The predicted octanol–water partition coefficient (Wildman–Crippen LogP) is 2.17. The van der Waals surface area contributed by atoms with Gasteiger partial charge in [-0.25, -0.2) is 0 Å². The zero-order valence-corrected chi connectivity index (χ0v) is 8.94. The summed E-state index contributed by atoms with van der Waals surface area (Å²) in [5.74, 6) is -0.0212. The Morgan fingerprint density at radius 3 is 3.13 bits per heavy atom. The van der Waals surface area contributed by atoms with Crippen molar-refractivity contribution >= 4 is 5.78 Å². The van der Waals surface area contributed by atoms with Gasteiger partial charge in [0.15, 0.2) is 5.78 Å². The zero-order valence-electron chi connectivity index (χ0n) is 8.94. The lowest BCUT2D eigenvalue weighted by Crippen LogP contribution is -2.07. The topological polar surface area (TPSA) is 42.0 Å². The highest BCUT2D eigenvalue weighted by Crippen LogP contribution is 1.97. The van der Waals surface area contributed by atoms with Gasteiger partial charge in [-0.2, -0.15) is 0 Å². The number of hydrogen-bond acceptors (Lipinski definition) is 3. The molecule has 0 saturated heterocycles. The van der Waals surface area contributed by atoms with E-state index in [1.54, 1.807) is 30.7 Å². The van der Waals surface area contributed by atoms with Crippen LogP contribution in [0, 0.1) is 0 Å². The maximum atomic E-state index is 11.5. The van der Waals surface area contributed by atoms with Crippen molar-refractivity contribution in [1.82, 2.24) is 10.3 Å². The summed E-state index contributed by atoms with van der Waals surface area (Å²) >= 11 is 0. The van der Waals surface area contributed by atoms with Crippen LogP contribution in [0.4, 0.5) is 0 Å². The van der Waals surface area contributed by atoms with Gasteiger partial charge in [0.05, 0.1) is 0 Å². The van der Waals surface area contributed by atoms with E-state index in [1.807, 2.05) is 0 Å². The highest BCUT2D eigenvalue weighted by molar-refractivity contribution is 6.04. The first-order valence-corrected chi connectivity index (χ1v) is 5.19. The lowest BCUT2D eigenvalue weighted by molar-refractivity contribution is 0.104. The SMILES string of the molecule is CCCCN/C=C\C(=O)c1cccnc1. The van der Waals surface area contributed by atoms with E-state index in [9.17, 15) is 4.79 Å². The predicted molar refractivity (Wildman–Crippen MR) is 60.6 cm³/mol. The lowest BCUT2D eigenvalue weighted by atomic mass is 10.2. The number of pyridine rings is 1. The van der Waals surface area contributed by atoms with Crippen LogP contribution in [-0.2, 0) is 0 Å². The van der Waals surface area contributed by atoms with Crippen molar-refractivity contribution in [2.45, 2.75) is 19.8 Å². The van der Waals surface area contributed by atoms with Crippen molar-refractivity contribution in [2.24, 2.45) is 0 Å². The van der Waals surface area contributed by atoms with E-state index in [1.165, 1.54) is 6.08 Å². The third-order valence-electron chi connectivity index (χ3n) is 1.97. The number of aromatic nitrogens is 1. The molecule has 1 heterocycles. The molecular formula is C12H16N2O. The molecule has 0 saturated carbocycles. The summed E-state index contributed by atoms with van der Waals surface area (Å²) in [6.45, 7) is 3.04. The molecule has 0 fully saturated rings. The lowest BCUT2D eigenvalue weighted by Gasteiger charge is -1.97. The fourth-order valence-electron chi connectivity index (χ4n) is 1.10. The van der Waals surface area contributed by atoms with Gasteiger partial charge in [-0.3, -0.25) is 9.78 Å². The van der Waals surface area contributed by atoms with Gasteiger partial charge < -0.3 is 5.32 Å². The molecular weight excluding hydrogens is 188 g/mol. The van der Waals surface area contributed by atoms with Crippen LogP contribution in [0.2, 0.25) is 0 Å². The number of ketones is 1. The molecule has 0 aliphatic carbocycles. The Kier molecular flexibility index (Phi) is 5.15. The second-order valence-electron chi connectivity index (χ2n) is 3.25. The van der Waals surface area contributed by atoms with Crippen molar-refractivity contribution in [3.63, 3.8) is 0 Å². The first kappa shape index (κ1) is 11.4. The molecule has 0 atom stereocenters. The van der Waals surface area contributed by atoms with Crippen LogP contribution in [0.25, 0.3) is 0 Å². The average Bonchev–Trinajstić information content (AvgIpc) is 2.30. The third kappa shape index (κ3) is 4.40. The molecule has 0 amide bonds. The van der Waals surface area contributed by atoms with E-state index in [2.05, 4.69) is 17.2 Å². The fourth-order valence-corrected chi connectivity index (χ4v) is 1.10. The second kappa shape index (κ2) is 6.76. The molecule has 0 spiro atoms. The number of allylic oxidation sites excluding steroid dienone is 1. The van der Waals surface area contributed by atoms with Crippen LogP contribution < -0.4 is 5.32 Å². The molecule has 1 N–H and O–H groups in total. The summed E-state index contributed by atoms with van der Waals surface area (Å²) < 4.78 is 0. The quantitative estimate of drug-likeness (QED) is 0.438. The number of nitrogens with zero attached hydrogens (tertiary/aromatic N) is 1. The number of carbonyl (C=O) groups is 1. The van der Waals surface area contributed by atoms with Crippen molar-refractivity contribution in [1.29, 1.82) is 0 Å². The van der Waals surface area contributed by atoms with Gasteiger partial charge in [0, 0.05) is 36.8 Å². The smallest absolute Gasteiger partial charge is 0.188 e. The van der Waals surface area contributed by atoms with Gasteiger partial charge in [0.1, 0.15) is 0 Å². The summed E-state index contributed by atoms with van der Waals surface area (Å²) in [6.07, 6.45) is 8.72. The van der Waals surface area contributed by atoms with Gasteiger partial charge in [0.2, 0.25) is 0 Å². The number of unbranched alkanes of at least 4 members (excludes halogenated alkanes) is 1. The molecule has 0 aliphatic rings. The summed E-state index contributed by atoms with van der Waals surface area (Å²) in [5, 5.41) is 3.07. The molecule has 1 aromatic rings. The molecule has 0 aromatic carbocycles. The van der Waals surface area contributed by atoms with Crippen molar-refractivity contribution in [3.05, 3.63) is 42.4 Å². The molecule has 0 radical (unpaired) electrons. The summed E-state index contributed by atoms with van der Waals surface area (Å²) in [7, 11) is 0. The fraction of sp³-hybridized carbons (Fsp3) is 0.333. The molecule has 80 valence electrons. The first-order valence-electron chi connectivity index (χ1n) is 5.19. The second-order valence-corrected chi connectivity index (χ2v) is 3.25. The van der Waals surface area contributed by atoms with Gasteiger partial charge in [-0.05, 0) is 18.6 Å². The number of hydrogen-bond donors (Lipinski definition) is 1. The van der Waals surface area contributed by atoms with Crippen LogP contribution in [-0.4, -0.2) is 17.3 Å².